The number of morpholine rings is 1. The first kappa shape index (κ1) is 17.0. The first-order chi connectivity index (χ1) is 12.7. The van der Waals surface area contributed by atoms with Crippen molar-refractivity contribution in [3.8, 4) is 0 Å². The molecular formula is C18H25N7O. The molecule has 0 saturated carbocycles. The lowest BCUT2D eigenvalue weighted by Crippen LogP contribution is -2.48. The SMILES string of the molecule is Cc1cc(N2CCOCC2)nc(N2CCN(c3nccnc3C)CC2)n1. The smallest absolute Gasteiger partial charge is 0.227 e. The molecule has 2 aliphatic rings. The Morgan fingerprint density at radius 1 is 0.808 bits per heavy atom. The quantitative estimate of drug-likeness (QED) is 0.809. The van der Waals surface area contributed by atoms with E-state index in [1.807, 2.05) is 13.8 Å². The molecule has 2 saturated heterocycles. The van der Waals surface area contributed by atoms with Crippen molar-refractivity contribution < 1.29 is 4.74 Å². The van der Waals surface area contributed by atoms with Crippen LogP contribution in [0.25, 0.3) is 0 Å². The van der Waals surface area contributed by atoms with Gasteiger partial charge in [0.1, 0.15) is 11.6 Å². The Balaban J connectivity index is 1.47. The van der Waals surface area contributed by atoms with Crippen LogP contribution in [0, 0.1) is 13.8 Å². The number of nitrogens with zero attached hydrogens (tertiary/aromatic N) is 7. The maximum Gasteiger partial charge on any atom is 0.227 e. The summed E-state index contributed by atoms with van der Waals surface area (Å²) in [6.07, 6.45) is 3.50. The third-order valence-corrected chi connectivity index (χ3v) is 4.88. The number of rotatable bonds is 3. The summed E-state index contributed by atoms with van der Waals surface area (Å²) in [5.74, 6) is 2.80. The molecule has 8 nitrogen and oxygen atoms in total. The second kappa shape index (κ2) is 7.41. The Labute approximate surface area is 153 Å². The molecule has 2 aromatic heterocycles. The molecule has 4 heterocycles. The van der Waals surface area contributed by atoms with E-state index >= 15 is 0 Å². The molecule has 0 N–H and O–H groups in total. The number of ether oxygens (including phenoxy) is 1. The zero-order valence-corrected chi connectivity index (χ0v) is 15.4. The van der Waals surface area contributed by atoms with Gasteiger partial charge in [-0.3, -0.25) is 4.98 Å². The molecule has 8 heteroatoms. The highest BCUT2D eigenvalue weighted by molar-refractivity contribution is 5.49. The molecule has 0 atom stereocenters. The zero-order valence-electron chi connectivity index (χ0n) is 15.4. The molecule has 2 aromatic rings. The van der Waals surface area contributed by atoms with Crippen LogP contribution in [0.1, 0.15) is 11.4 Å². The highest BCUT2D eigenvalue weighted by Gasteiger charge is 2.23. The van der Waals surface area contributed by atoms with Crippen LogP contribution in [-0.4, -0.2) is 72.4 Å². The largest absolute Gasteiger partial charge is 0.378 e. The minimum atomic E-state index is 0.758. The van der Waals surface area contributed by atoms with Gasteiger partial charge in [-0.2, -0.15) is 4.98 Å². The molecular weight excluding hydrogens is 330 g/mol. The molecule has 2 aliphatic heterocycles. The fraction of sp³-hybridized carbons (Fsp3) is 0.556. The predicted octanol–water partition coefficient (Wildman–Crippen LogP) is 1.05. The first-order valence-corrected chi connectivity index (χ1v) is 9.16. The Morgan fingerprint density at radius 3 is 2.23 bits per heavy atom. The molecule has 0 unspecified atom stereocenters. The van der Waals surface area contributed by atoms with E-state index in [-0.39, 0.29) is 0 Å². The summed E-state index contributed by atoms with van der Waals surface area (Å²) in [7, 11) is 0. The average molecular weight is 355 g/mol. The van der Waals surface area contributed by atoms with E-state index in [4.69, 9.17) is 9.72 Å². The van der Waals surface area contributed by atoms with Gasteiger partial charge in [-0.05, 0) is 13.8 Å². The van der Waals surface area contributed by atoms with Gasteiger partial charge in [0.05, 0.1) is 18.9 Å². The fourth-order valence-corrected chi connectivity index (χ4v) is 3.46. The molecule has 138 valence electrons. The lowest BCUT2D eigenvalue weighted by atomic mass is 10.3. The van der Waals surface area contributed by atoms with Crippen LogP contribution < -0.4 is 14.7 Å². The second-order valence-electron chi connectivity index (χ2n) is 6.71. The standard InChI is InChI=1S/C18H25N7O/c1-14-13-16(23-9-11-26-12-10-23)22-18(21-14)25-7-5-24(6-8-25)17-15(2)19-3-4-20-17/h3-4,13H,5-12H2,1-2H3. The summed E-state index contributed by atoms with van der Waals surface area (Å²) in [5, 5.41) is 0. The van der Waals surface area contributed by atoms with E-state index in [9.17, 15) is 0 Å². The Morgan fingerprint density at radius 2 is 1.50 bits per heavy atom. The van der Waals surface area contributed by atoms with Crippen molar-refractivity contribution in [3.05, 3.63) is 29.8 Å². The summed E-state index contributed by atoms with van der Waals surface area (Å²) in [6.45, 7) is 10.9. The number of hydrogen-bond acceptors (Lipinski definition) is 8. The fourth-order valence-electron chi connectivity index (χ4n) is 3.46. The van der Waals surface area contributed by atoms with Crippen molar-refractivity contribution in [2.24, 2.45) is 0 Å². The summed E-state index contributed by atoms with van der Waals surface area (Å²) < 4.78 is 5.45. The van der Waals surface area contributed by atoms with Crippen LogP contribution >= 0.6 is 0 Å². The molecule has 2 fully saturated rings. The van der Waals surface area contributed by atoms with E-state index in [0.717, 1.165) is 81.5 Å². The maximum atomic E-state index is 5.45. The molecule has 4 rings (SSSR count). The molecule has 26 heavy (non-hydrogen) atoms. The molecule has 0 amide bonds. The number of hydrogen-bond donors (Lipinski definition) is 0. The molecule has 0 spiro atoms. The minimum absolute atomic E-state index is 0.758. The van der Waals surface area contributed by atoms with Crippen LogP contribution in [-0.2, 0) is 4.74 Å². The Kier molecular flexibility index (Phi) is 4.83. The third kappa shape index (κ3) is 3.55. The van der Waals surface area contributed by atoms with Crippen molar-refractivity contribution in [1.29, 1.82) is 0 Å². The summed E-state index contributed by atoms with van der Waals surface area (Å²) in [4.78, 5) is 25.2. The van der Waals surface area contributed by atoms with Crippen molar-refractivity contribution in [1.82, 2.24) is 19.9 Å². The lowest BCUT2D eigenvalue weighted by Gasteiger charge is -2.36. The number of aryl methyl sites for hydroxylation is 2. The van der Waals surface area contributed by atoms with Crippen LogP contribution in [0.4, 0.5) is 17.6 Å². The highest BCUT2D eigenvalue weighted by Crippen LogP contribution is 2.21. The van der Waals surface area contributed by atoms with Gasteiger partial charge in [-0.15, -0.1) is 0 Å². The Hall–Kier alpha value is -2.48. The van der Waals surface area contributed by atoms with Crippen LogP contribution in [0.5, 0.6) is 0 Å². The maximum absolute atomic E-state index is 5.45. The number of anilines is 3. The normalized spacial score (nSPS) is 18.3. The van der Waals surface area contributed by atoms with Gasteiger partial charge in [-0.1, -0.05) is 0 Å². The van der Waals surface area contributed by atoms with Crippen LogP contribution in [0.2, 0.25) is 0 Å². The van der Waals surface area contributed by atoms with Crippen LogP contribution in [0.3, 0.4) is 0 Å². The number of piperazine rings is 1. The first-order valence-electron chi connectivity index (χ1n) is 9.16. The van der Waals surface area contributed by atoms with Gasteiger partial charge >= 0.3 is 0 Å². The van der Waals surface area contributed by atoms with Gasteiger partial charge in [-0.25, -0.2) is 9.97 Å². The second-order valence-corrected chi connectivity index (χ2v) is 6.71. The van der Waals surface area contributed by atoms with Gasteiger partial charge in [0.15, 0.2) is 0 Å². The molecule has 0 aromatic carbocycles. The number of aromatic nitrogens is 4. The molecule has 0 bridgehead atoms. The average Bonchev–Trinajstić information content (AvgIpc) is 2.69. The van der Waals surface area contributed by atoms with Crippen molar-refractivity contribution in [2.45, 2.75) is 13.8 Å². The topological polar surface area (TPSA) is 70.5 Å². The van der Waals surface area contributed by atoms with E-state index in [1.54, 1.807) is 12.4 Å². The van der Waals surface area contributed by atoms with Crippen molar-refractivity contribution in [2.75, 3.05) is 67.2 Å². The lowest BCUT2D eigenvalue weighted by molar-refractivity contribution is 0.122. The minimum Gasteiger partial charge on any atom is -0.378 e. The van der Waals surface area contributed by atoms with Gasteiger partial charge in [0.25, 0.3) is 0 Å². The van der Waals surface area contributed by atoms with Crippen LogP contribution in [0.15, 0.2) is 18.5 Å². The summed E-state index contributed by atoms with van der Waals surface area (Å²) in [6, 6.07) is 2.06. The molecule has 0 radical (unpaired) electrons. The summed E-state index contributed by atoms with van der Waals surface area (Å²) in [5.41, 5.74) is 1.98. The van der Waals surface area contributed by atoms with E-state index in [0.29, 0.717) is 0 Å². The van der Waals surface area contributed by atoms with E-state index in [2.05, 4.69) is 35.7 Å². The predicted molar refractivity (Wildman–Crippen MR) is 101 cm³/mol. The Bertz CT molecular complexity index is 755. The van der Waals surface area contributed by atoms with Crippen molar-refractivity contribution in [3.63, 3.8) is 0 Å². The zero-order chi connectivity index (χ0) is 17.9. The van der Waals surface area contributed by atoms with Crippen molar-refractivity contribution >= 4 is 17.6 Å². The molecule has 0 aliphatic carbocycles. The highest BCUT2D eigenvalue weighted by atomic mass is 16.5. The van der Waals surface area contributed by atoms with E-state index < -0.39 is 0 Å². The summed E-state index contributed by atoms with van der Waals surface area (Å²) >= 11 is 0. The van der Waals surface area contributed by atoms with Gasteiger partial charge in [0.2, 0.25) is 5.95 Å². The van der Waals surface area contributed by atoms with E-state index in [1.165, 1.54) is 0 Å². The van der Waals surface area contributed by atoms with Gasteiger partial charge in [0, 0.05) is 63.4 Å². The third-order valence-electron chi connectivity index (χ3n) is 4.88. The monoisotopic (exact) mass is 355 g/mol. The van der Waals surface area contributed by atoms with Gasteiger partial charge < -0.3 is 19.4 Å².